The van der Waals surface area contributed by atoms with Crippen molar-refractivity contribution in [3.63, 3.8) is 0 Å². The number of amides is 3. The van der Waals surface area contributed by atoms with Gasteiger partial charge in [-0.25, -0.2) is 4.79 Å². The molecule has 7 nitrogen and oxygen atoms in total. The number of carbonyl (C=O) groups excluding carboxylic acids is 2. The molecule has 0 spiro atoms. The predicted molar refractivity (Wildman–Crippen MR) is 83.2 cm³/mol. The highest BCUT2D eigenvalue weighted by Crippen LogP contribution is 2.30. The number of likely N-dealkylation sites (tertiary alicyclic amines) is 1. The van der Waals surface area contributed by atoms with Crippen molar-refractivity contribution in [1.82, 2.24) is 10.2 Å². The summed E-state index contributed by atoms with van der Waals surface area (Å²) in [6, 6.07) is 7.33. The summed E-state index contributed by atoms with van der Waals surface area (Å²) in [5, 5.41) is 2.86. The molecule has 1 saturated heterocycles. The Morgan fingerprint density at radius 2 is 1.91 bits per heavy atom. The van der Waals surface area contributed by atoms with E-state index in [4.69, 9.17) is 15.2 Å². The van der Waals surface area contributed by atoms with Crippen molar-refractivity contribution < 1.29 is 19.1 Å². The van der Waals surface area contributed by atoms with Crippen LogP contribution in [0, 0.1) is 5.92 Å². The Labute approximate surface area is 134 Å². The van der Waals surface area contributed by atoms with E-state index in [1.54, 1.807) is 4.90 Å². The molecule has 0 aromatic heterocycles. The van der Waals surface area contributed by atoms with Crippen molar-refractivity contribution in [3.8, 4) is 11.5 Å². The van der Waals surface area contributed by atoms with E-state index in [1.807, 2.05) is 24.3 Å². The standard InChI is InChI=1S/C16H21N3O4/c17-15(20)11-5-7-19(8-6-11)16(21)18-9-12-10-22-13-3-1-2-4-14(13)23-12/h1-4,11-12H,5-10H2,(H2,17,20)(H,18,21)/t12-/m0/s1. The van der Waals surface area contributed by atoms with Crippen LogP contribution in [0.1, 0.15) is 12.8 Å². The second kappa shape index (κ2) is 6.76. The van der Waals surface area contributed by atoms with Gasteiger partial charge < -0.3 is 25.4 Å². The van der Waals surface area contributed by atoms with Gasteiger partial charge in [-0.05, 0) is 25.0 Å². The summed E-state index contributed by atoms with van der Waals surface area (Å²) < 4.78 is 11.4. The molecule has 3 rings (SSSR count). The van der Waals surface area contributed by atoms with Crippen molar-refractivity contribution >= 4 is 11.9 Å². The maximum absolute atomic E-state index is 12.2. The van der Waals surface area contributed by atoms with E-state index in [2.05, 4.69) is 5.32 Å². The molecule has 0 saturated carbocycles. The number of hydrogen-bond donors (Lipinski definition) is 2. The second-order valence-corrected chi connectivity index (χ2v) is 5.85. The van der Waals surface area contributed by atoms with E-state index >= 15 is 0 Å². The summed E-state index contributed by atoms with van der Waals surface area (Å²) >= 11 is 0. The van der Waals surface area contributed by atoms with Crippen LogP contribution in [0.5, 0.6) is 11.5 Å². The lowest BCUT2D eigenvalue weighted by molar-refractivity contribution is -0.123. The first-order valence-corrected chi connectivity index (χ1v) is 7.84. The molecule has 0 radical (unpaired) electrons. The van der Waals surface area contributed by atoms with Crippen LogP contribution >= 0.6 is 0 Å². The summed E-state index contributed by atoms with van der Waals surface area (Å²) in [6.07, 6.45) is 1.04. The second-order valence-electron chi connectivity index (χ2n) is 5.85. The number of nitrogens with one attached hydrogen (secondary N) is 1. The lowest BCUT2D eigenvalue weighted by Crippen LogP contribution is -2.49. The fourth-order valence-corrected chi connectivity index (χ4v) is 2.84. The summed E-state index contributed by atoms with van der Waals surface area (Å²) in [5.74, 6) is 1.02. The number of rotatable bonds is 3. The molecule has 7 heteroatoms. The van der Waals surface area contributed by atoms with E-state index in [0.29, 0.717) is 44.8 Å². The largest absolute Gasteiger partial charge is 0.486 e. The Morgan fingerprint density at radius 1 is 1.22 bits per heavy atom. The number of urea groups is 1. The number of piperidine rings is 1. The van der Waals surface area contributed by atoms with Crippen molar-refractivity contribution in [2.24, 2.45) is 11.7 Å². The number of ether oxygens (including phenoxy) is 2. The van der Waals surface area contributed by atoms with Gasteiger partial charge in [0.1, 0.15) is 6.61 Å². The van der Waals surface area contributed by atoms with E-state index in [9.17, 15) is 9.59 Å². The van der Waals surface area contributed by atoms with Crippen LogP contribution in [0.3, 0.4) is 0 Å². The van der Waals surface area contributed by atoms with Gasteiger partial charge in [0.15, 0.2) is 17.6 Å². The average molecular weight is 319 g/mol. The topological polar surface area (TPSA) is 93.9 Å². The van der Waals surface area contributed by atoms with Gasteiger partial charge in [0.05, 0.1) is 6.54 Å². The van der Waals surface area contributed by atoms with Crippen LogP contribution in [0.2, 0.25) is 0 Å². The quantitative estimate of drug-likeness (QED) is 0.859. The highest BCUT2D eigenvalue weighted by molar-refractivity contribution is 5.78. The van der Waals surface area contributed by atoms with Crippen molar-refractivity contribution in [3.05, 3.63) is 24.3 Å². The number of hydrogen-bond acceptors (Lipinski definition) is 4. The van der Waals surface area contributed by atoms with E-state index in [1.165, 1.54) is 0 Å². The summed E-state index contributed by atoms with van der Waals surface area (Å²) in [6.45, 7) is 1.87. The molecule has 2 heterocycles. The van der Waals surface area contributed by atoms with E-state index < -0.39 is 0 Å². The van der Waals surface area contributed by atoms with Crippen molar-refractivity contribution in [2.75, 3.05) is 26.2 Å². The fourth-order valence-electron chi connectivity index (χ4n) is 2.84. The van der Waals surface area contributed by atoms with Gasteiger partial charge >= 0.3 is 6.03 Å². The first kappa shape index (κ1) is 15.5. The molecule has 124 valence electrons. The molecule has 3 amide bonds. The average Bonchev–Trinajstić information content (AvgIpc) is 2.59. The Bertz CT molecular complexity index is 584. The number of para-hydroxylation sites is 2. The van der Waals surface area contributed by atoms with Crippen molar-refractivity contribution in [1.29, 1.82) is 0 Å². The number of fused-ring (bicyclic) bond motifs is 1. The Kier molecular flexibility index (Phi) is 4.55. The molecule has 3 N–H and O–H groups in total. The molecule has 1 fully saturated rings. The first-order chi connectivity index (χ1) is 11.1. The highest BCUT2D eigenvalue weighted by atomic mass is 16.6. The molecule has 23 heavy (non-hydrogen) atoms. The van der Waals surface area contributed by atoms with Crippen LogP contribution in [0.25, 0.3) is 0 Å². The number of nitrogens with two attached hydrogens (primary N) is 1. The molecule has 1 aromatic rings. The lowest BCUT2D eigenvalue weighted by atomic mass is 9.96. The molecule has 0 aliphatic carbocycles. The van der Waals surface area contributed by atoms with Gasteiger partial charge in [0.2, 0.25) is 5.91 Å². The van der Waals surface area contributed by atoms with Gasteiger partial charge in [-0.3, -0.25) is 4.79 Å². The third-order valence-electron chi connectivity index (χ3n) is 4.23. The van der Waals surface area contributed by atoms with Crippen LogP contribution < -0.4 is 20.5 Å². The summed E-state index contributed by atoms with van der Waals surface area (Å²) in [4.78, 5) is 25.0. The normalized spacial score (nSPS) is 20.9. The molecule has 0 bridgehead atoms. The third-order valence-corrected chi connectivity index (χ3v) is 4.23. The molecule has 0 unspecified atom stereocenters. The smallest absolute Gasteiger partial charge is 0.317 e. The maximum Gasteiger partial charge on any atom is 0.317 e. The van der Waals surface area contributed by atoms with Gasteiger partial charge in [0.25, 0.3) is 0 Å². The van der Waals surface area contributed by atoms with Gasteiger partial charge in [-0.1, -0.05) is 12.1 Å². The van der Waals surface area contributed by atoms with Crippen LogP contribution in [-0.4, -0.2) is 49.2 Å². The molecular weight excluding hydrogens is 298 g/mol. The SMILES string of the molecule is NC(=O)C1CCN(C(=O)NC[C@H]2COc3ccccc3O2)CC1. The number of nitrogens with zero attached hydrogens (tertiary/aromatic N) is 1. The minimum Gasteiger partial charge on any atom is -0.486 e. The number of primary amides is 1. The molecule has 1 aromatic carbocycles. The lowest BCUT2D eigenvalue weighted by Gasteiger charge is -2.32. The maximum atomic E-state index is 12.2. The fraction of sp³-hybridized carbons (Fsp3) is 0.500. The summed E-state index contributed by atoms with van der Waals surface area (Å²) in [5.41, 5.74) is 5.30. The van der Waals surface area contributed by atoms with Crippen LogP contribution in [-0.2, 0) is 4.79 Å². The Balaban J connectivity index is 1.44. The Morgan fingerprint density at radius 3 is 2.61 bits per heavy atom. The molecule has 1 atom stereocenters. The minimum atomic E-state index is -0.281. The Hall–Kier alpha value is -2.44. The number of benzene rings is 1. The van der Waals surface area contributed by atoms with Gasteiger partial charge in [0, 0.05) is 19.0 Å². The monoisotopic (exact) mass is 319 g/mol. The highest BCUT2D eigenvalue weighted by Gasteiger charge is 2.27. The zero-order chi connectivity index (χ0) is 16.2. The summed E-state index contributed by atoms with van der Waals surface area (Å²) in [7, 11) is 0. The minimum absolute atomic E-state index is 0.120. The van der Waals surface area contributed by atoms with Crippen LogP contribution in [0.15, 0.2) is 24.3 Å². The van der Waals surface area contributed by atoms with E-state index in [-0.39, 0.29) is 24.0 Å². The molecule has 2 aliphatic rings. The van der Waals surface area contributed by atoms with Gasteiger partial charge in [-0.15, -0.1) is 0 Å². The molecule has 2 aliphatic heterocycles. The van der Waals surface area contributed by atoms with Gasteiger partial charge in [-0.2, -0.15) is 0 Å². The first-order valence-electron chi connectivity index (χ1n) is 7.84. The third kappa shape index (κ3) is 3.67. The molecular formula is C16H21N3O4. The zero-order valence-electron chi connectivity index (χ0n) is 12.9. The van der Waals surface area contributed by atoms with Crippen molar-refractivity contribution in [2.45, 2.75) is 18.9 Å². The zero-order valence-corrected chi connectivity index (χ0v) is 12.9. The van der Waals surface area contributed by atoms with E-state index in [0.717, 1.165) is 5.75 Å². The number of carbonyl (C=O) groups is 2. The van der Waals surface area contributed by atoms with Crippen LogP contribution in [0.4, 0.5) is 4.79 Å². The predicted octanol–water partition coefficient (Wildman–Crippen LogP) is 0.733.